The minimum atomic E-state index is -1.19. The van der Waals surface area contributed by atoms with E-state index in [0.717, 1.165) is 39.2 Å². The van der Waals surface area contributed by atoms with Gasteiger partial charge in [-0.05, 0) is 32.6 Å². The molecule has 180 valence electrons. The van der Waals surface area contributed by atoms with Gasteiger partial charge in [-0.15, -0.1) is 0 Å². The number of methoxy groups -OCH3 is 2. The molecule has 0 atom stereocenters. The number of halogens is 1. The number of carbonyl (C=O) groups is 1. The van der Waals surface area contributed by atoms with Gasteiger partial charge in [0.2, 0.25) is 11.8 Å². The van der Waals surface area contributed by atoms with Crippen LogP contribution in [-0.2, 0) is 5.75 Å². The highest BCUT2D eigenvalue weighted by molar-refractivity contribution is 9.10. The Balaban J connectivity index is 1.60. The van der Waals surface area contributed by atoms with Gasteiger partial charge in [0.25, 0.3) is 0 Å². The molecule has 0 aliphatic heterocycles. The zero-order valence-corrected chi connectivity index (χ0v) is 21.9. The molecule has 0 fully saturated rings. The average molecular weight is 574 g/mol. The predicted octanol–water partition coefficient (Wildman–Crippen LogP) is 5.98. The number of hydrogen-bond donors (Lipinski definition) is 2. The highest BCUT2D eigenvalue weighted by Crippen LogP contribution is 2.40. The minimum absolute atomic E-state index is 0.113. The highest BCUT2D eigenvalue weighted by Gasteiger charge is 2.22. The van der Waals surface area contributed by atoms with Crippen molar-refractivity contribution in [3.63, 3.8) is 0 Å². The number of carboxylic acid groups (broad SMARTS) is 1. The van der Waals surface area contributed by atoms with Crippen LogP contribution in [0, 0.1) is 0 Å². The Bertz CT molecular complexity index is 1340. The van der Waals surface area contributed by atoms with E-state index in [1.807, 2.05) is 30.3 Å². The van der Waals surface area contributed by atoms with Crippen LogP contribution in [0.4, 0.5) is 0 Å². The Morgan fingerprint density at radius 1 is 1.06 bits per heavy atom. The first-order valence-corrected chi connectivity index (χ1v) is 12.7. The molecule has 0 aliphatic carbocycles. The first-order valence-electron chi connectivity index (χ1n) is 10.2. The topological polar surface area (TPSA) is 107 Å². The minimum Gasteiger partial charge on any atom is -0.506 e. The van der Waals surface area contributed by atoms with Gasteiger partial charge < -0.3 is 19.7 Å². The molecule has 2 heterocycles. The van der Waals surface area contributed by atoms with Gasteiger partial charge in [0, 0.05) is 28.2 Å². The number of carboxylic acids is 1. The van der Waals surface area contributed by atoms with Crippen molar-refractivity contribution in [1.82, 2.24) is 13.9 Å². The van der Waals surface area contributed by atoms with Crippen LogP contribution in [0.5, 0.6) is 17.5 Å². The first kappa shape index (κ1) is 25.0. The van der Waals surface area contributed by atoms with Crippen LogP contribution in [0.3, 0.4) is 0 Å². The smallest absolute Gasteiger partial charge is 0.353 e. The quantitative estimate of drug-likeness (QED) is 0.185. The highest BCUT2D eigenvalue weighted by atomic mass is 79.9. The van der Waals surface area contributed by atoms with Gasteiger partial charge in [-0.1, -0.05) is 60.3 Å². The molecule has 0 saturated heterocycles. The van der Waals surface area contributed by atoms with E-state index in [1.165, 1.54) is 36.2 Å². The number of thioether (sulfide) groups is 1. The summed E-state index contributed by atoms with van der Waals surface area (Å²) in [6.07, 6.45) is 1.28. The van der Waals surface area contributed by atoms with Crippen molar-refractivity contribution >= 4 is 45.6 Å². The van der Waals surface area contributed by atoms with Gasteiger partial charge in [-0.25, -0.2) is 4.79 Å². The summed E-state index contributed by atoms with van der Waals surface area (Å²) in [5.74, 6) is -0.317. The number of aromatic carboxylic acids is 1. The number of hydrogen-bond acceptors (Lipinski definition) is 8. The lowest BCUT2D eigenvalue weighted by Crippen LogP contribution is -2.05. The van der Waals surface area contributed by atoms with E-state index in [-0.39, 0.29) is 23.2 Å². The zero-order valence-electron chi connectivity index (χ0n) is 18.6. The van der Waals surface area contributed by atoms with Crippen molar-refractivity contribution in [2.75, 3.05) is 14.2 Å². The molecule has 0 radical (unpaired) electrons. The standard InChI is InChI=1S/C24H20BrN3O5S2/c1-32-21-20(35-28-12-16(29)11-18(28)23(30)31)22(33-2)27-24(26-21)34-13-15-9-6-10-17(19(15)25)14-7-4-3-5-8-14/h3-12,29H,13H2,1-2H3,(H,30,31). The van der Waals surface area contributed by atoms with E-state index in [9.17, 15) is 15.0 Å². The molecule has 35 heavy (non-hydrogen) atoms. The number of benzene rings is 2. The van der Waals surface area contributed by atoms with E-state index in [2.05, 4.69) is 44.1 Å². The van der Waals surface area contributed by atoms with E-state index >= 15 is 0 Å². The maximum atomic E-state index is 11.5. The molecule has 0 amide bonds. The molecule has 11 heteroatoms. The second kappa shape index (κ2) is 11.1. The van der Waals surface area contributed by atoms with Crippen molar-refractivity contribution in [3.05, 3.63) is 76.5 Å². The van der Waals surface area contributed by atoms with Crippen LogP contribution in [0.15, 0.2) is 75.3 Å². The van der Waals surface area contributed by atoms with Crippen LogP contribution in [-0.4, -0.2) is 44.3 Å². The predicted molar refractivity (Wildman–Crippen MR) is 139 cm³/mol. The third kappa shape index (κ3) is 5.58. The molecule has 0 spiro atoms. The Labute approximate surface area is 218 Å². The lowest BCUT2D eigenvalue weighted by Gasteiger charge is -2.14. The third-order valence-electron chi connectivity index (χ3n) is 4.87. The number of ether oxygens (including phenoxy) is 2. The second-order valence-corrected chi connectivity index (χ2v) is 9.81. The third-order valence-corrected chi connectivity index (χ3v) is 7.73. The molecule has 8 nitrogen and oxygen atoms in total. The molecule has 0 bridgehead atoms. The van der Waals surface area contributed by atoms with Gasteiger partial charge in [-0.3, -0.25) is 3.97 Å². The van der Waals surface area contributed by atoms with Crippen molar-refractivity contribution < 1.29 is 24.5 Å². The van der Waals surface area contributed by atoms with Gasteiger partial charge in [-0.2, -0.15) is 9.97 Å². The number of aromatic hydroxyl groups is 1. The van der Waals surface area contributed by atoms with Crippen LogP contribution in [0.25, 0.3) is 11.1 Å². The molecular weight excluding hydrogens is 554 g/mol. The maximum Gasteiger partial charge on any atom is 0.353 e. The van der Waals surface area contributed by atoms with Crippen molar-refractivity contribution in [2.24, 2.45) is 0 Å². The normalized spacial score (nSPS) is 10.8. The lowest BCUT2D eigenvalue weighted by atomic mass is 10.0. The maximum absolute atomic E-state index is 11.5. The fourth-order valence-electron chi connectivity index (χ4n) is 3.25. The Hall–Kier alpha value is -3.15. The lowest BCUT2D eigenvalue weighted by molar-refractivity contribution is 0.0689. The number of rotatable bonds is 9. The number of aromatic nitrogens is 3. The summed E-state index contributed by atoms with van der Waals surface area (Å²) in [5, 5.41) is 19.6. The van der Waals surface area contributed by atoms with Crippen LogP contribution >= 0.6 is 39.6 Å². The summed E-state index contributed by atoms with van der Waals surface area (Å²) in [5.41, 5.74) is 3.17. The molecule has 2 N–H and O–H groups in total. The Kier molecular flexibility index (Phi) is 7.89. The van der Waals surface area contributed by atoms with E-state index < -0.39 is 5.97 Å². The number of nitrogens with zero attached hydrogens (tertiary/aromatic N) is 3. The summed E-state index contributed by atoms with van der Waals surface area (Å²) >= 11 is 6.13. The summed E-state index contributed by atoms with van der Waals surface area (Å²) in [6.45, 7) is 0. The molecule has 2 aromatic heterocycles. The zero-order chi connectivity index (χ0) is 24.9. The molecule has 4 rings (SSSR count). The largest absolute Gasteiger partial charge is 0.506 e. The molecule has 0 aliphatic rings. The van der Waals surface area contributed by atoms with E-state index in [4.69, 9.17) is 9.47 Å². The van der Waals surface area contributed by atoms with E-state index in [0.29, 0.717) is 15.8 Å². The monoisotopic (exact) mass is 573 g/mol. The van der Waals surface area contributed by atoms with Gasteiger partial charge in [0.05, 0.1) is 20.4 Å². The van der Waals surface area contributed by atoms with Crippen molar-refractivity contribution in [2.45, 2.75) is 15.8 Å². The molecule has 4 aromatic rings. The Morgan fingerprint density at radius 2 is 1.74 bits per heavy atom. The summed E-state index contributed by atoms with van der Waals surface area (Å²) in [7, 11) is 2.93. The van der Waals surface area contributed by atoms with Crippen LogP contribution < -0.4 is 9.47 Å². The summed E-state index contributed by atoms with van der Waals surface area (Å²) < 4.78 is 13.2. The van der Waals surface area contributed by atoms with Gasteiger partial charge in [0.1, 0.15) is 11.4 Å². The average Bonchev–Trinajstić information content (AvgIpc) is 3.24. The van der Waals surface area contributed by atoms with Gasteiger partial charge in [0.15, 0.2) is 10.1 Å². The molecule has 0 saturated carbocycles. The van der Waals surface area contributed by atoms with Crippen molar-refractivity contribution in [3.8, 4) is 28.6 Å². The molecule has 0 unspecified atom stereocenters. The summed E-state index contributed by atoms with van der Waals surface area (Å²) in [6, 6.07) is 17.4. The van der Waals surface area contributed by atoms with E-state index in [1.54, 1.807) is 0 Å². The fourth-order valence-corrected chi connectivity index (χ4v) is 5.89. The van der Waals surface area contributed by atoms with Crippen LogP contribution in [0.2, 0.25) is 0 Å². The second-order valence-electron chi connectivity index (χ2n) is 7.09. The van der Waals surface area contributed by atoms with Crippen LogP contribution in [0.1, 0.15) is 16.1 Å². The SMILES string of the molecule is COc1nc(SCc2cccc(-c3ccccc3)c2Br)nc(OC)c1Sn1cc(O)cc1C(=O)O. The van der Waals surface area contributed by atoms with Crippen molar-refractivity contribution in [1.29, 1.82) is 0 Å². The fraction of sp³-hybridized carbons (Fsp3) is 0.125. The molecular formula is C24H20BrN3O5S2. The summed E-state index contributed by atoms with van der Waals surface area (Å²) in [4.78, 5) is 20.9. The molecule has 2 aromatic carbocycles. The van der Waals surface area contributed by atoms with Gasteiger partial charge >= 0.3 is 5.97 Å². The Morgan fingerprint density at radius 3 is 2.37 bits per heavy atom. The first-order chi connectivity index (χ1) is 16.9.